The summed E-state index contributed by atoms with van der Waals surface area (Å²) in [7, 11) is -0.188. The molecule has 1 saturated heterocycles. The van der Waals surface area contributed by atoms with Crippen LogP contribution in [0, 0.1) is 11.3 Å². The molecule has 0 bridgehead atoms. The van der Waals surface area contributed by atoms with Crippen LogP contribution in [0.25, 0.3) is 10.9 Å². The molecule has 1 aliphatic carbocycles. The van der Waals surface area contributed by atoms with Crippen LogP contribution in [0.4, 0.5) is 5.82 Å². The third kappa shape index (κ3) is 2.95. The molecule has 140 valence electrons. The molecule has 1 aliphatic heterocycles. The van der Waals surface area contributed by atoms with Crippen LogP contribution in [0.5, 0.6) is 11.5 Å². The summed E-state index contributed by atoms with van der Waals surface area (Å²) in [4.78, 5) is 11.0. The summed E-state index contributed by atoms with van der Waals surface area (Å²) >= 11 is 0. The van der Waals surface area contributed by atoms with Crippen molar-refractivity contribution in [2.75, 3.05) is 38.0 Å². The molecule has 26 heavy (non-hydrogen) atoms. The highest BCUT2D eigenvalue weighted by molar-refractivity contribution is 7.89. The Kier molecular flexibility index (Phi) is 3.96. The summed E-state index contributed by atoms with van der Waals surface area (Å²) in [5.74, 6) is 2.41. The lowest BCUT2D eigenvalue weighted by atomic mass is 9.58. The highest BCUT2D eigenvalue weighted by Crippen LogP contribution is 2.53. The molecule has 8 nitrogen and oxygen atoms in total. The Morgan fingerprint density at radius 3 is 2.46 bits per heavy atom. The summed E-state index contributed by atoms with van der Waals surface area (Å²) < 4.78 is 33.2. The van der Waals surface area contributed by atoms with Gasteiger partial charge >= 0.3 is 0 Å². The van der Waals surface area contributed by atoms with Gasteiger partial charge in [0.2, 0.25) is 10.0 Å². The number of methoxy groups -OCH3 is 2. The minimum Gasteiger partial charge on any atom is -0.493 e. The number of aromatic nitrogens is 2. The molecule has 2 fully saturated rings. The predicted octanol–water partition coefficient (Wildman–Crippen LogP) is 1.15. The van der Waals surface area contributed by atoms with Gasteiger partial charge in [0, 0.05) is 30.0 Å². The fourth-order valence-electron chi connectivity index (χ4n) is 4.40. The molecular weight excluding hydrogens is 356 g/mol. The monoisotopic (exact) mass is 378 g/mol. The lowest BCUT2D eigenvalue weighted by Gasteiger charge is -2.59. The second kappa shape index (κ2) is 5.95. The summed E-state index contributed by atoms with van der Waals surface area (Å²) in [6.45, 7) is 1.74. The first-order valence-electron chi connectivity index (χ1n) is 8.45. The molecule has 4 rings (SSSR count). The number of hydrogen-bond acceptors (Lipinski definition) is 7. The number of ether oxygens (including phenoxy) is 2. The maximum Gasteiger partial charge on any atom is 0.209 e. The number of rotatable bonds is 5. The minimum absolute atomic E-state index is 0.0855. The Balaban J connectivity index is 1.53. The first kappa shape index (κ1) is 17.3. The number of anilines is 1. The van der Waals surface area contributed by atoms with E-state index in [1.165, 1.54) is 0 Å². The van der Waals surface area contributed by atoms with Gasteiger partial charge in [0.15, 0.2) is 11.5 Å². The summed E-state index contributed by atoms with van der Waals surface area (Å²) in [5.41, 5.74) is 0.998. The molecule has 0 unspecified atom stereocenters. The molecule has 2 N–H and O–H groups in total. The number of benzene rings is 1. The molecule has 1 aromatic heterocycles. The first-order chi connectivity index (χ1) is 12.3. The molecule has 0 atom stereocenters. The number of primary sulfonamides is 1. The van der Waals surface area contributed by atoms with E-state index in [2.05, 4.69) is 14.9 Å². The van der Waals surface area contributed by atoms with Gasteiger partial charge in [-0.05, 0) is 24.8 Å². The molecule has 0 amide bonds. The lowest BCUT2D eigenvalue weighted by Crippen LogP contribution is -2.63. The fraction of sp³-hybridized carbons (Fsp3) is 0.529. The summed E-state index contributed by atoms with van der Waals surface area (Å²) in [6.07, 6.45) is 3.36. The highest BCUT2D eigenvalue weighted by atomic mass is 32.2. The smallest absolute Gasteiger partial charge is 0.209 e. The van der Waals surface area contributed by atoms with Crippen LogP contribution in [0.1, 0.15) is 12.8 Å². The standard InChI is InChI=1S/C17H22N4O4S/c1-24-14-3-12-13(4-15(14)25-2)19-10-20-16(12)21-8-17(9-21)5-11(6-17)7-26(18,22)23/h3-4,10-11H,5-9H2,1-2H3,(H2,18,22,23). The molecule has 2 heterocycles. The van der Waals surface area contributed by atoms with Gasteiger partial charge in [-0.2, -0.15) is 0 Å². The zero-order valence-electron chi connectivity index (χ0n) is 14.8. The number of fused-ring (bicyclic) bond motifs is 1. The number of nitrogens with zero attached hydrogens (tertiary/aromatic N) is 3. The van der Waals surface area contributed by atoms with E-state index in [9.17, 15) is 8.42 Å². The van der Waals surface area contributed by atoms with Gasteiger partial charge in [-0.15, -0.1) is 0 Å². The van der Waals surface area contributed by atoms with E-state index in [4.69, 9.17) is 14.6 Å². The topological polar surface area (TPSA) is 108 Å². The third-order valence-corrected chi connectivity index (χ3v) is 6.32. The van der Waals surface area contributed by atoms with Crippen molar-refractivity contribution in [3.05, 3.63) is 18.5 Å². The van der Waals surface area contributed by atoms with Gasteiger partial charge in [-0.25, -0.2) is 23.5 Å². The molecule has 9 heteroatoms. The average Bonchev–Trinajstić information content (AvgIpc) is 2.53. The van der Waals surface area contributed by atoms with Crippen molar-refractivity contribution in [3.8, 4) is 11.5 Å². The Hall–Kier alpha value is -2.13. The van der Waals surface area contributed by atoms with Gasteiger partial charge in [0.25, 0.3) is 0 Å². The summed E-state index contributed by atoms with van der Waals surface area (Å²) in [6, 6.07) is 3.75. The average molecular weight is 378 g/mol. The molecule has 2 aromatic rings. The van der Waals surface area contributed by atoms with Gasteiger partial charge < -0.3 is 14.4 Å². The van der Waals surface area contributed by atoms with Crippen molar-refractivity contribution in [1.82, 2.24) is 9.97 Å². The van der Waals surface area contributed by atoms with E-state index < -0.39 is 10.0 Å². The predicted molar refractivity (Wildman–Crippen MR) is 98.0 cm³/mol. The van der Waals surface area contributed by atoms with Crippen LogP contribution in [0.3, 0.4) is 0 Å². The zero-order valence-corrected chi connectivity index (χ0v) is 15.6. The van der Waals surface area contributed by atoms with E-state index in [0.29, 0.717) is 11.5 Å². The van der Waals surface area contributed by atoms with Crippen molar-refractivity contribution in [3.63, 3.8) is 0 Å². The molecule has 0 radical (unpaired) electrons. The first-order valence-corrected chi connectivity index (χ1v) is 10.2. The van der Waals surface area contributed by atoms with Crippen molar-refractivity contribution in [1.29, 1.82) is 0 Å². The SMILES string of the molecule is COc1cc2ncnc(N3CC4(CC(CS(N)(=O)=O)C4)C3)c2cc1OC. The molecule has 2 aliphatic rings. The van der Waals surface area contributed by atoms with Crippen LogP contribution in [0.2, 0.25) is 0 Å². The Morgan fingerprint density at radius 1 is 1.19 bits per heavy atom. The van der Waals surface area contributed by atoms with E-state index in [1.54, 1.807) is 20.5 Å². The number of sulfonamides is 1. The Morgan fingerprint density at radius 2 is 1.85 bits per heavy atom. The highest BCUT2D eigenvalue weighted by Gasteiger charge is 2.53. The van der Waals surface area contributed by atoms with Crippen LogP contribution in [-0.4, -0.2) is 51.4 Å². The van der Waals surface area contributed by atoms with Crippen molar-refractivity contribution >= 4 is 26.7 Å². The van der Waals surface area contributed by atoms with Gasteiger partial charge in [0.1, 0.15) is 12.1 Å². The fourth-order valence-corrected chi connectivity index (χ4v) is 5.30. The lowest BCUT2D eigenvalue weighted by molar-refractivity contribution is 0.0350. The van der Waals surface area contributed by atoms with Crippen molar-refractivity contribution in [2.24, 2.45) is 16.5 Å². The number of hydrogen-bond donors (Lipinski definition) is 1. The van der Waals surface area contributed by atoms with Crippen LogP contribution in [0.15, 0.2) is 18.5 Å². The molecule has 1 aromatic carbocycles. The number of nitrogens with two attached hydrogens (primary N) is 1. The van der Waals surface area contributed by atoms with Gasteiger partial charge in [-0.3, -0.25) is 0 Å². The van der Waals surface area contributed by atoms with Crippen molar-refractivity contribution < 1.29 is 17.9 Å². The second-order valence-electron chi connectivity index (χ2n) is 7.38. The van der Waals surface area contributed by atoms with E-state index in [1.807, 2.05) is 12.1 Å². The Labute approximate surface area is 152 Å². The quantitative estimate of drug-likeness (QED) is 0.831. The van der Waals surface area contributed by atoms with E-state index in [0.717, 1.165) is 42.7 Å². The third-order valence-electron chi connectivity index (χ3n) is 5.38. The Bertz CT molecular complexity index is 949. The largest absolute Gasteiger partial charge is 0.493 e. The van der Waals surface area contributed by atoms with Crippen LogP contribution < -0.4 is 19.5 Å². The molecular formula is C17H22N4O4S. The molecule has 1 saturated carbocycles. The maximum atomic E-state index is 11.2. The zero-order chi connectivity index (χ0) is 18.5. The maximum absolute atomic E-state index is 11.2. The van der Waals surface area contributed by atoms with E-state index >= 15 is 0 Å². The van der Waals surface area contributed by atoms with Gasteiger partial charge in [-0.1, -0.05) is 0 Å². The minimum atomic E-state index is -3.39. The van der Waals surface area contributed by atoms with E-state index in [-0.39, 0.29) is 17.1 Å². The summed E-state index contributed by atoms with van der Waals surface area (Å²) in [5, 5.41) is 6.07. The van der Waals surface area contributed by atoms with Crippen molar-refractivity contribution in [2.45, 2.75) is 12.8 Å². The van der Waals surface area contributed by atoms with Gasteiger partial charge in [0.05, 0.1) is 25.5 Å². The normalized spacial score (nSPS) is 19.3. The second-order valence-corrected chi connectivity index (χ2v) is 9.04. The molecule has 1 spiro atoms. The van der Waals surface area contributed by atoms with Crippen LogP contribution in [-0.2, 0) is 10.0 Å². The van der Waals surface area contributed by atoms with Crippen LogP contribution >= 0.6 is 0 Å².